The third kappa shape index (κ3) is 2.40. The maximum Gasteiger partial charge on any atom is 0.254 e. The van der Waals surface area contributed by atoms with Crippen molar-refractivity contribution in [2.24, 2.45) is 11.8 Å². The fourth-order valence-electron chi connectivity index (χ4n) is 4.20. The molecule has 3 rings (SSSR count). The first-order valence-corrected chi connectivity index (χ1v) is 7.80. The van der Waals surface area contributed by atoms with E-state index in [9.17, 15) is 4.79 Å². The van der Waals surface area contributed by atoms with Gasteiger partial charge in [-0.15, -0.1) is 0 Å². The summed E-state index contributed by atoms with van der Waals surface area (Å²) in [6.07, 6.45) is 6.96. The van der Waals surface area contributed by atoms with Gasteiger partial charge in [0.2, 0.25) is 0 Å². The molecule has 2 atom stereocenters. The molecule has 4 nitrogen and oxygen atoms in total. The number of piperidine rings is 1. The predicted octanol–water partition coefficient (Wildman–Crippen LogP) is 1.40. The normalized spacial score (nSPS) is 34.1. The van der Waals surface area contributed by atoms with Crippen LogP contribution in [0.3, 0.4) is 0 Å². The molecule has 1 amide bonds. The third-order valence-corrected chi connectivity index (χ3v) is 5.46. The Morgan fingerprint density at radius 2 is 1.74 bits per heavy atom. The standard InChI is InChI=1S/C15H26N2O2/c1-19-15(6-8-16-9-7-15)14(18)17-10-12-4-2-3-5-13(12)11-17/h12-13,16H,2-11H2,1H3. The van der Waals surface area contributed by atoms with Gasteiger partial charge in [0.1, 0.15) is 5.60 Å². The quantitative estimate of drug-likeness (QED) is 0.821. The number of fused-ring (bicyclic) bond motifs is 1. The fraction of sp³-hybridized carbons (Fsp3) is 0.933. The number of carbonyl (C=O) groups is 1. The number of ether oxygens (including phenoxy) is 1. The predicted molar refractivity (Wildman–Crippen MR) is 73.9 cm³/mol. The van der Waals surface area contributed by atoms with Crippen LogP contribution in [0.25, 0.3) is 0 Å². The van der Waals surface area contributed by atoms with Crippen LogP contribution in [-0.4, -0.2) is 49.7 Å². The van der Waals surface area contributed by atoms with Crippen LogP contribution in [0.5, 0.6) is 0 Å². The van der Waals surface area contributed by atoms with Gasteiger partial charge in [0.15, 0.2) is 0 Å². The molecule has 0 aromatic carbocycles. The Bertz CT molecular complexity index is 325. The SMILES string of the molecule is COC1(C(=O)N2CC3CCCCC3C2)CCNCC1. The lowest BCUT2D eigenvalue weighted by Crippen LogP contribution is -2.55. The lowest BCUT2D eigenvalue weighted by atomic mass is 9.82. The molecule has 108 valence electrons. The number of hydrogen-bond donors (Lipinski definition) is 1. The van der Waals surface area contributed by atoms with Gasteiger partial charge in [-0.2, -0.15) is 0 Å². The van der Waals surface area contributed by atoms with Crippen molar-refractivity contribution in [3.8, 4) is 0 Å². The molecule has 0 radical (unpaired) electrons. The molecule has 4 heteroatoms. The van der Waals surface area contributed by atoms with Crippen molar-refractivity contribution >= 4 is 5.91 Å². The maximum atomic E-state index is 12.9. The number of amides is 1. The molecule has 1 N–H and O–H groups in total. The number of hydrogen-bond acceptors (Lipinski definition) is 3. The van der Waals surface area contributed by atoms with Crippen LogP contribution in [-0.2, 0) is 9.53 Å². The van der Waals surface area contributed by atoms with E-state index in [0.717, 1.165) is 50.9 Å². The first kappa shape index (κ1) is 13.4. The van der Waals surface area contributed by atoms with E-state index in [1.165, 1.54) is 25.7 Å². The molecule has 0 aromatic rings. The number of rotatable bonds is 2. The monoisotopic (exact) mass is 266 g/mol. The molecule has 0 aromatic heterocycles. The highest BCUT2D eigenvalue weighted by Gasteiger charge is 2.46. The Kier molecular flexibility index (Phi) is 3.81. The minimum atomic E-state index is -0.543. The molecule has 2 unspecified atom stereocenters. The van der Waals surface area contributed by atoms with Crippen LogP contribution in [0.15, 0.2) is 0 Å². The van der Waals surface area contributed by atoms with E-state index in [-0.39, 0.29) is 5.91 Å². The molecular formula is C15H26N2O2. The number of likely N-dealkylation sites (tertiary alicyclic amines) is 1. The van der Waals surface area contributed by atoms with Gasteiger partial charge >= 0.3 is 0 Å². The highest BCUT2D eigenvalue weighted by atomic mass is 16.5. The van der Waals surface area contributed by atoms with Gasteiger partial charge in [-0.1, -0.05) is 12.8 Å². The number of nitrogens with zero attached hydrogens (tertiary/aromatic N) is 1. The minimum Gasteiger partial charge on any atom is -0.368 e. The zero-order valence-electron chi connectivity index (χ0n) is 12.0. The molecule has 0 spiro atoms. The second-order valence-electron chi connectivity index (χ2n) is 6.46. The average Bonchev–Trinajstić information content (AvgIpc) is 2.91. The zero-order chi connectivity index (χ0) is 13.3. The van der Waals surface area contributed by atoms with E-state index >= 15 is 0 Å². The second-order valence-corrected chi connectivity index (χ2v) is 6.46. The van der Waals surface area contributed by atoms with E-state index in [4.69, 9.17) is 4.74 Å². The molecule has 2 heterocycles. The molecule has 2 saturated heterocycles. The van der Waals surface area contributed by atoms with E-state index < -0.39 is 5.60 Å². The van der Waals surface area contributed by atoms with Crippen molar-refractivity contribution in [1.29, 1.82) is 0 Å². The largest absolute Gasteiger partial charge is 0.368 e. The van der Waals surface area contributed by atoms with E-state index in [1.54, 1.807) is 7.11 Å². The summed E-state index contributed by atoms with van der Waals surface area (Å²) in [5.41, 5.74) is -0.543. The Hall–Kier alpha value is -0.610. The van der Waals surface area contributed by atoms with Gasteiger partial charge in [-0.3, -0.25) is 4.79 Å². The molecule has 19 heavy (non-hydrogen) atoms. The van der Waals surface area contributed by atoms with Gasteiger partial charge in [0.25, 0.3) is 5.91 Å². The fourth-order valence-corrected chi connectivity index (χ4v) is 4.20. The van der Waals surface area contributed by atoms with Crippen LogP contribution in [0.4, 0.5) is 0 Å². The molecular weight excluding hydrogens is 240 g/mol. The highest BCUT2D eigenvalue weighted by molar-refractivity contribution is 5.85. The van der Waals surface area contributed by atoms with Crippen molar-refractivity contribution in [2.45, 2.75) is 44.1 Å². The van der Waals surface area contributed by atoms with Crippen molar-refractivity contribution in [1.82, 2.24) is 10.2 Å². The Labute approximate surface area is 115 Å². The highest BCUT2D eigenvalue weighted by Crippen LogP contribution is 2.38. The van der Waals surface area contributed by atoms with Gasteiger partial charge in [0, 0.05) is 20.2 Å². The van der Waals surface area contributed by atoms with Gasteiger partial charge in [-0.05, 0) is 50.6 Å². The second kappa shape index (κ2) is 5.41. The van der Waals surface area contributed by atoms with Gasteiger partial charge < -0.3 is 15.0 Å². The molecule has 0 bridgehead atoms. The van der Waals surface area contributed by atoms with Crippen molar-refractivity contribution in [3.05, 3.63) is 0 Å². The van der Waals surface area contributed by atoms with E-state index in [2.05, 4.69) is 10.2 Å². The van der Waals surface area contributed by atoms with Crippen molar-refractivity contribution in [3.63, 3.8) is 0 Å². The van der Waals surface area contributed by atoms with Crippen LogP contribution < -0.4 is 5.32 Å². The summed E-state index contributed by atoms with van der Waals surface area (Å²) < 4.78 is 5.68. The summed E-state index contributed by atoms with van der Waals surface area (Å²) in [5.74, 6) is 1.77. The third-order valence-electron chi connectivity index (χ3n) is 5.46. The van der Waals surface area contributed by atoms with Crippen LogP contribution in [0.2, 0.25) is 0 Å². The maximum absolute atomic E-state index is 12.9. The first-order chi connectivity index (χ1) is 9.25. The Morgan fingerprint density at radius 3 is 2.26 bits per heavy atom. The Morgan fingerprint density at radius 1 is 1.16 bits per heavy atom. The molecule has 3 aliphatic rings. The summed E-state index contributed by atoms with van der Waals surface area (Å²) in [5, 5.41) is 3.32. The lowest BCUT2D eigenvalue weighted by Gasteiger charge is -2.37. The van der Waals surface area contributed by atoms with Crippen molar-refractivity contribution < 1.29 is 9.53 Å². The Balaban J connectivity index is 1.69. The number of nitrogens with one attached hydrogen (secondary N) is 1. The molecule has 1 aliphatic carbocycles. The van der Waals surface area contributed by atoms with E-state index in [0.29, 0.717) is 0 Å². The lowest BCUT2D eigenvalue weighted by molar-refractivity contribution is -0.157. The topological polar surface area (TPSA) is 41.6 Å². The summed E-state index contributed by atoms with van der Waals surface area (Å²) in [4.78, 5) is 15.0. The number of methoxy groups -OCH3 is 1. The summed E-state index contributed by atoms with van der Waals surface area (Å²) in [7, 11) is 1.70. The molecule has 3 fully saturated rings. The van der Waals surface area contributed by atoms with Gasteiger partial charge in [-0.25, -0.2) is 0 Å². The zero-order valence-corrected chi connectivity index (χ0v) is 12.0. The van der Waals surface area contributed by atoms with Gasteiger partial charge in [0.05, 0.1) is 0 Å². The van der Waals surface area contributed by atoms with Crippen molar-refractivity contribution in [2.75, 3.05) is 33.3 Å². The van der Waals surface area contributed by atoms with Crippen LogP contribution >= 0.6 is 0 Å². The van der Waals surface area contributed by atoms with Crippen LogP contribution in [0.1, 0.15) is 38.5 Å². The average molecular weight is 266 g/mol. The molecule has 1 saturated carbocycles. The number of carbonyl (C=O) groups excluding carboxylic acids is 1. The van der Waals surface area contributed by atoms with Crippen LogP contribution in [0, 0.1) is 11.8 Å². The smallest absolute Gasteiger partial charge is 0.254 e. The minimum absolute atomic E-state index is 0.255. The summed E-state index contributed by atoms with van der Waals surface area (Å²) in [6, 6.07) is 0. The summed E-state index contributed by atoms with van der Waals surface area (Å²) >= 11 is 0. The summed E-state index contributed by atoms with van der Waals surface area (Å²) in [6.45, 7) is 3.73. The first-order valence-electron chi connectivity index (χ1n) is 7.80. The molecule has 2 aliphatic heterocycles. The van der Waals surface area contributed by atoms with E-state index in [1.807, 2.05) is 0 Å².